The number of amides is 1. The van der Waals surface area contributed by atoms with E-state index in [4.69, 9.17) is 4.74 Å². The minimum absolute atomic E-state index is 0.205. The number of nitrogens with one attached hydrogen (secondary N) is 2. The van der Waals surface area contributed by atoms with Crippen molar-refractivity contribution >= 4 is 23.3 Å². The lowest BCUT2D eigenvalue weighted by atomic mass is 10.1. The molecule has 25 heavy (non-hydrogen) atoms. The number of rotatable bonds is 6. The number of carbonyl (C=O) groups excluding carboxylic acids is 2. The van der Waals surface area contributed by atoms with Crippen molar-refractivity contribution in [3.8, 4) is 0 Å². The second-order valence-electron chi connectivity index (χ2n) is 6.00. The summed E-state index contributed by atoms with van der Waals surface area (Å²) < 4.78 is 29.2. The van der Waals surface area contributed by atoms with E-state index in [1.54, 1.807) is 18.2 Å². The number of piperazine rings is 1. The maximum atomic E-state index is 12.2. The van der Waals surface area contributed by atoms with Gasteiger partial charge in [-0.15, -0.1) is 0 Å². The molecule has 0 aliphatic carbocycles. The smallest absolute Gasteiger partial charge is 0.340 e. The fourth-order valence-electron chi connectivity index (χ4n) is 2.74. The number of methoxy groups -OCH3 is 1. The molecule has 1 aromatic carbocycles. The molecule has 0 bridgehead atoms. The molecule has 1 heterocycles. The minimum Gasteiger partial charge on any atom is -0.465 e. The first kappa shape index (κ1) is 19.1. The highest BCUT2D eigenvalue weighted by Crippen LogP contribution is 2.25. The molecule has 0 saturated carbocycles. The van der Waals surface area contributed by atoms with Gasteiger partial charge in [0.25, 0.3) is 0 Å². The lowest BCUT2D eigenvalue weighted by Crippen LogP contribution is -2.49. The second kappa shape index (κ2) is 8.75. The Kier molecular flexibility index (Phi) is 6.69. The largest absolute Gasteiger partial charge is 0.465 e. The zero-order valence-electron chi connectivity index (χ0n) is 14.4. The number of alkyl halides is 2. The summed E-state index contributed by atoms with van der Waals surface area (Å²) in [4.78, 5) is 26.0. The highest BCUT2D eigenvalue weighted by Gasteiger charge is 2.20. The van der Waals surface area contributed by atoms with Crippen LogP contribution >= 0.6 is 0 Å². The van der Waals surface area contributed by atoms with Crippen LogP contribution in [0, 0.1) is 0 Å². The first-order valence-corrected chi connectivity index (χ1v) is 8.19. The zero-order valence-corrected chi connectivity index (χ0v) is 14.4. The molecular weight excluding hydrogens is 332 g/mol. The van der Waals surface area contributed by atoms with Crippen molar-refractivity contribution in [2.75, 3.05) is 37.0 Å². The molecule has 0 unspecified atom stereocenters. The normalized spacial score (nSPS) is 17.5. The number of esters is 1. The van der Waals surface area contributed by atoms with Crippen molar-refractivity contribution in [2.24, 2.45) is 0 Å². The van der Waals surface area contributed by atoms with Crippen LogP contribution < -0.4 is 15.5 Å². The summed E-state index contributed by atoms with van der Waals surface area (Å²) in [7, 11) is 1.25. The minimum atomic E-state index is -2.54. The van der Waals surface area contributed by atoms with Crippen LogP contribution in [0.2, 0.25) is 0 Å². The van der Waals surface area contributed by atoms with Crippen molar-refractivity contribution < 1.29 is 23.1 Å². The topological polar surface area (TPSA) is 70.7 Å². The lowest BCUT2D eigenvalue weighted by Gasteiger charge is -2.34. The van der Waals surface area contributed by atoms with Crippen LogP contribution in [0.1, 0.15) is 30.1 Å². The average molecular weight is 355 g/mol. The predicted molar refractivity (Wildman–Crippen MR) is 91.3 cm³/mol. The zero-order chi connectivity index (χ0) is 18.4. The Morgan fingerprint density at radius 2 is 2.20 bits per heavy atom. The Balaban J connectivity index is 2.19. The number of ether oxygens (including phenoxy) is 1. The molecule has 6 nitrogen and oxygen atoms in total. The van der Waals surface area contributed by atoms with Crippen LogP contribution in [0.5, 0.6) is 0 Å². The van der Waals surface area contributed by atoms with Gasteiger partial charge >= 0.3 is 5.97 Å². The summed E-state index contributed by atoms with van der Waals surface area (Å²) in [5, 5.41) is 5.86. The SMILES string of the molecule is COC(=O)c1cc(N2CCN[C@@H](C)C2)ccc1NC(=O)CCC(F)F. The fraction of sp³-hybridized carbons (Fsp3) is 0.529. The predicted octanol–water partition coefficient (Wildman–Crippen LogP) is 2.26. The van der Waals surface area contributed by atoms with E-state index in [2.05, 4.69) is 22.5 Å². The highest BCUT2D eigenvalue weighted by atomic mass is 19.3. The standard InChI is InChI=1S/C17H23F2N3O3/c1-11-10-22(8-7-20-11)12-3-4-14(13(9-12)17(24)25-2)21-16(23)6-5-15(18)19/h3-4,9,11,15,20H,5-8,10H2,1-2H3,(H,21,23)/t11-/m0/s1. The van der Waals surface area contributed by atoms with Gasteiger partial charge in [-0.05, 0) is 25.1 Å². The summed E-state index contributed by atoms with van der Waals surface area (Å²) in [5.74, 6) is -1.15. The number of halogens is 2. The van der Waals surface area contributed by atoms with Crippen LogP contribution in [0.25, 0.3) is 0 Å². The van der Waals surface area contributed by atoms with Gasteiger partial charge in [0.05, 0.1) is 18.4 Å². The van der Waals surface area contributed by atoms with Gasteiger partial charge in [-0.2, -0.15) is 0 Å². The van der Waals surface area contributed by atoms with E-state index >= 15 is 0 Å². The third kappa shape index (κ3) is 5.38. The van der Waals surface area contributed by atoms with Crippen LogP contribution in [-0.4, -0.2) is 51.1 Å². The van der Waals surface area contributed by atoms with Crippen molar-refractivity contribution in [3.63, 3.8) is 0 Å². The van der Waals surface area contributed by atoms with Gasteiger partial charge in [-0.1, -0.05) is 0 Å². The first-order chi connectivity index (χ1) is 11.9. The Morgan fingerprint density at radius 3 is 2.84 bits per heavy atom. The van der Waals surface area contributed by atoms with Gasteiger partial charge in [0, 0.05) is 44.2 Å². The van der Waals surface area contributed by atoms with Crippen LogP contribution in [0.15, 0.2) is 18.2 Å². The molecule has 0 spiro atoms. The molecule has 1 aliphatic heterocycles. The summed E-state index contributed by atoms with van der Waals surface area (Å²) in [6.07, 6.45) is -3.37. The van der Waals surface area contributed by atoms with Gasteiger partial charge in [-0.3, -0.25) is 4.79 Å². The third-order valence-electron chi connectivity index (χ3n) is 4.01. The van der Waals surface area contributed by atoms with Crippen molar-refractivity contribution in [2.45, 2.75) is 32.2 Å². The third-order valence-corrected chi connectivity index (χ3v) is 4.01. The quantitative estimate of drug-likeness (QED) is 0.766. The Bertz CT molecular complexity index is 625. The van der Waals surface area contributed by atoms with Gasteiger partial charge in [-0.25, -0.2) is 13.6 Å². The molecule has 1 saturated heterocycles. The molecule has 1 amide bonds. The number of anilines is 2. The van der Waals surface area contributed by atoms with E-state index in [0.29, 0.717) is 6.04 Å². The molecule has 1 fully saturated rings. The van der Waals surface area contributed by atoms with Crippen molar-refractivity contribution in [1.82, 2.24) is 5.32 Å². The van der Waals surface area contributed by atoms with E-state index in [1.807, 2.05) is 0 Å². The Labute approximate surface area is 145 Å². The number of nitrogens with zero attached hydrogens (tertiary/aromatic N) is 1. The Morgan fingerprint density at radius 1 is 1.44 bits per heavy atom. The molecule has 1 aliphatic rings. The summed E-state index contributed by atoms with van der Waals surface area (Å²) in [6, 6.07) is 5.39. The number of benzene rings is 1. The van der Waals surface area contributed by atoms with E-state index in [1.165, 1.54) is 7.11 Å². The van der Waals surface area contributed by atoms with Crippen molar-refractivity contribution in [1.29, 1.82) is 0 Å². The molecule has 1 atom stereocenters. The van der Waals surface area contributed by atoms with Gasteiger partial charge < -0.3 is 20.3 Å². The molecule has 2 N–H and O–H groups in total. The van der Waals surface area contributed by atoms with Gasteiger partial charge in [0.1, 0.15) is 0 Å². The van der Waals surface area contributed by atoms with Gasteiger partial charge in [0.2, 0.25) is 12.3 Å². The van der Waals surface area contributed by atoms with E-state index in [9.17, 15) is 18.4 Å². The Hall–Kier alpha value is -2.22. The summed E-state index contributed by atoms with van der Waals surface area (Å²) in [6.45, 7) is 4.50. The lowest BCUT2D eigenvalue weighted by molar-refractivity contribution is -0.116. The summed E-state index contributed by atoms with van der Waals surface area (Å²) in [5.41, 5.74) is 1.31. The van der Waals surface area contributed by atoms with E-state index in [-0.39, 0.29) is 17.7 Å². The van der Waals surface area contributed by atoms with Gasteiger partial charge in [0.15, 0.2) is 0 Å². The van der Waals surface area contributed by atoms with Crippen LogP contribution in [-0.2, 0) is 9.53 Å². The average Bonchev–Trinajstić information content (AvgIpc) is 2.59. The molecule has 2 rings (SSSR count). The molecule has 0 radical (unpaired) electrons. The molecule has 0 aromatic heterocycles. The number of carbonyl (C=O) groups is 2. The molecule has 138 valence electrons. The first-order valence-electron chi connectivity index (χ1n) is 8.19. The highest BCUT2D eigenvalue weighted by molar-refractivity contribution is 6.02. The number of hydrogen-bond donors (Lipinski definition) is 2. The fourth-order valence-corrected chi connectivity index (χ4v) is 2.74. The number of hydrogen-bond acceptors (Lipinski definition) is 5. The second-order valence-corrected chi connectivity index (χ2v) is 6.00. The van der Waals surface area contributed by atoms with Crippen LogP contribution in [0.3, 0.4) is 0 Å². The maximum absolute atomic E-state index is 12.2. The molecule has 8 heteroatoms. The van der Waals surface area contributed by atoms with Crippen LogP contribution in [0.4, 0.5) is 20.2 Å². The maximum Gasteiger partial charge on any atom is 0.340 e. The van der Waals surface area contributed by atoms with Crippen molar-refractivity contribution in [3.05, 3.63) is 23.8 Å². The molecular formula is C17H23F2N3O3. The monoisotopic (exact) mass is 355 g/mol. The van der Waals surface area contributed by atoms with E-state index < -0.39 is 24.7 Å². The summed E-state index contributed by atoms with van der Waals surface area (Å²) >= 11 is 0. The molecule has 1 aromatic rings. The van der Waals surface area contributed by atoms with E-state index in [0.717, 1.165) is 25.3 Å².